The Labute approximate surface area is 107 Å². The van der Waals surface area contributed by atoms with Crippen LogP contribution in [0.3, 0.4) is 0 Å². The highest BCUT2D eigenvalue weighted by Crippen LogP contribution is 2.24. The van der Waals surface area contributed by atoms with Crippen LogP contribution in [0.1, 0.15) is 44.9 Å². The summed E-state index contributed by atoms with van der Waals surface area (Å²) < 4.78 is 28.0. The summed E-state index contributed by atoms with van der Waals surface area (Å²) in [5.74, 6) is 5.15. The molecule has 0 amide bonds. The van der Waals surface area contributed by atoms with Crippen LogP contribution in [0.2, 0.25) is 0 Å². The van der Waals surface area contributed by atoms with Crippen LogP contribution in [0.4, 0.5) is 8.78 Å². The molecule has 1 aliphatic heterocycles. The quantitative estimate of drug-likeness (QED) is 0.719. The lowest BCUT2D eigenvalue weighted by atomic mass is 10.1. The molecule has 0 bridgehead atoms. The van der Waals surface area contributed by atoms with Crippen LogP contribution in [-0.4, -0.2) is 35.5 Å². The number of hydrogen-bond acceptors (Lipinski definition) is 2. The maximum Gasteiger partial charge on any atom is 0.269 e. The van der Waals surface area contributed by atoms with E-state index in [1.807, 2.05) is 0 Å². The zero-order valence-corrected chi connectivity index (χ0v) is 10.8. The predicted octanol–water partition coefficient (Wildman–Crippen LogP) is 2.07. The Morgan fingerprint density at radius 1 is 1.33 bits per heavy atom. The molecule has 1 unspecified atom stereocenters. The van der Waals surface area contributed by atoms with Crippen LogP contribution < -0.4 is 11.5 Å². The Hall–Kier alpha value is -0.750. The fourth-order valence-corrected chi connectivity index (χ4v) is 2.39. The van der Waals surface area contributed by atoms with Gasteiger partial charge < -0.3 is 17.3 Å². The zero-order chi connectivity index (χ0) is 13.6. The normalized spacial score (nSPS) is 22.1. The summed E-state index contributed by atoms with van der Waals surface area (Å²) in [5, 5.41) is 0. The molecule has 0 saturated heterocycles. The highest BCUT2D eigenvalue weighted by molar-refractivity contribution is 5.80. The van der Waals surface area contributed by atoms with Gasteiger partial charge in [0, 0.05) is 19.3 Å². The fraction of sp³-hybridized carbons (Fsp3) is 0.917. The van der Waals surface area contributed by atoms with Gasteiger partial charge in [0.1, 0.15) is 6.04 Å². The van der Waals surface area contributed by atoms with E-state index in [1.165, 1.54) is 4.68 Å². The minimum absolute atomic E-state index is 0.0274. The van der Waals surface area contributed by atoms with E-state index in [-0.39, 0.29) is 12.5 Å². The van der Waals surface area contributed by atoms with E-state index in [1.54, 1.807) is 0 Å². The average molecular weight is 262 g/mol. The van der Waals surface area contributed by atoms with Crippen LogP contribution in [0.25, 0.3) is 5.84 Å². The van der Waals surface area contributed by atoms with Crippen molar-refractivity contribution in [2.45, 2.75) is 56.9 Å². The first-order chi connectivity index (χ1) is 8.50. The van der Waals surface area contributed by atoms with Gasteiger partial charge in [-0.15, -0.1) is 0 Å². The van der Waals surface area contributed by atoms with Gasteiger partial charge in [0.25, 0.3) is 5.92 Å². The summed E-state index contributed by atoms with van der Waals surface area (Å²) in [6, 6.07) is 0.0274. The lowest BCUT2D eigenvalue weighted by Gasteiger charge is -2.20. The minimum Gasteiger partial charge on any atom is -0.454 e. The molecule has 0 radical (unpaired) electrons. The SMILES string of the molecule is [NH-][N+]1=C(CC(F)(F)CN)CCCCC1CCCN. The summed E-state index contributed by atoms with van der Waals surface area (Å²) in [6.07, 6.45) is 4.59. The van der Waals surface area contributed by atoms with E-state index in [2.05, 4.69) is 0 Å². The standard InChI is InChI=1S/C12H24F2N4/c13-12(14,9-16)8-11-5-2-1-4-10(18(11)17)6-3-7-15/h10,17H,1-9,15-16H2. The largest absolute Gasteiger partial charge is 0.454 e. The molecule has 5 N–H and O–H groups in total. The third-order valence-corrected chi connectivity index (χ3v) is 3.46. The molecule has 1 rings (SSSR count). The molecular weight excluding hydrogens is 238 g/mol. The summed E-state index contributed by atoms with van der Waals surface area (Å²) in [5.41, 5.74) is 11.0. The van der Waals surface area contributed by atoms with Crippen LogP contribution >= 0.6 is 0 Å². The number of nitrogens with zero attached hydrogens (tertiary/aromatic N) is 1. The third-order valence-electron chi connectivity index (χ3n) is 3.46. The monoisotopic (exact) mass is 262 g/mol. The molecule has 0 aromatic heterocycles. The van der Waals surface area contributed by atoms with Crippen molar-refractivity contribution in [2.24, 2.45) is 11.5 Å². The van der Waals surface area contributed by atoms with Gasteiger partial charge in [-0.05, 0) is 25.8 Å². The lowest BCUT2D eigenvalue weighted by Crippen LogP contribution is -2.34. The van der Waals surface area contributed by atoms with Crippen molar-refractivity contribution in [3.8, 4) is 0 Å². The van der Waals surface area contributed by atoms with Crippen LogP contribution in [0.15, 0.2) is 0 Å². The summed E-state index contributed by atoms with van der Waals surface area (Å²) in [6.45, 7) is -0.0730. The van der Waals surface area contributed by atoms with Crippen molar-refractivity contribution in [3.63, 3.8) is 0 Å². The average Bonchev–Trinajstić information content (AvgIpc) is 2.50. The summed E-state index contributed by atoms with van der Waals surface area (Å²) in [7, 11) is 0. The number of nitrogens with one attached hydrogen (secondary N) is 1. The van der Waals surface area contributed by atoms with Gasteiger partial charge in [0.05, 0.1) is 13.0 Å². The predicted molar refractivity (Wildman–Crippen MR) is 68.8 cm³/mol. The fourth-order valence-electron chi connectivity index (χ4n) is 2.39. The molecule has 1 atom stereocenters. The molecule has 0 fully saturated rings. The Balaban J connectivity index is 2.76. The molecule has 1 aliphatic rings. The van der Waals surface area contributed by atoms with Crippen LogP contribution in [-0.2, 0) is 0 Å². The van der Waals surface area contributed by atoms with E-state index in [0.717, 1.165) is 32.1 Å². The highest BCUT2D eigenvalue weighted by Gasteiger charge is 2.34. The molecule has 6 heteroatoms. The molecular formula is C12H24F2N4. The van der Waals surface area contributed by atoms with E-state index >= 15 is 0 Å². The Bertz CT molecular complexity index is 292. The molecule has 0 aromatic carbocycles. The number of hydrogen-bond donors (Lipinski definition) is 2. The minimum atomic E-state index is -2.89. The number of rotatable bonds is 6. The summed E-state index contributed by atoms with van der Waals surface area (Å²) in [4.78, 5) is 0. The Morgan fingerprint density at radius 2 is 2.06 bits per heavy atom. The molecule has 0 spiro atoms. The van der Waals surface area contributed by atoms with Crippen molar-refractivity contribution in [3.05, 3.63) is 5.84 Å². The van der Waals surface area contributed by atoms with Crippen LogP contribution in [0, 0.1) is 0 Å². The van der Waals surface area contributed by atoms with E-state index in [4.69, 9.17) is 17.3 Å². The van der Waals surface area contributed by atoms with Crippen molar-refractivity contribution >= 4 is 5.71 Å². The molecule has 0 aromatic rings. The number of nitrogens with two attached hydrogens (primary N) is 2. The van der Waals surface area contributed by atoms with Gasteiger partial charge in [-0.2, -0.15) is 0 Å². The number of halogens is 2. The lowest BCUT2D eigenvalue weighted by molar-refractivity contribution is -0.505. The van der Waals surface area contributed by atoms with Gasteiger partial charge >= 0.3 is 0 Å². The number of alkyl halides is 2. The molecule has 18 heavy (non-hydrogen) atoms. The third kappa shape index (κ3) is 4.49. The zero-order valence-electron chi connectivity index (χ0n) is 10.8. The topological polar surface area (TPSA) is 78.8 Å². The van der Waals surface area contributed by atoms with Crippen LogP contribution in [0.5, 0.6) is 0 Å². The molecule has 4 nitrogen and oxygen atoms in total. The van der Waals surface area contributed by atoms with E-state index < -0.39 is 12.5 Å². The first-order valence-corrected chi connectivity index (χ1v) is 6.63. The van der Waals surface area contributed by atoms with Gasteiger partial charge in [0.2, 0.25) is 0 Å². The molecule has 106 valence electrons. The van der Waals surface area contributed by atoms with E-state index in [9.17, 15) is 8.78 Å². The first-order valence-electron chi connectivity index (χ1n) is 6.63. The Kier molecular flexibility index (Phi) is 5.95. The smallest absolute Gasteiger partial charge is 0.269 e. The van der Waals surface area contributed by atoms with E-state index in [0.29, 0.717) is 18.7 Å². The second-order valence-corrected chi connectivity index (χ2v) is 5.00. The molecule has 0 aliphatic carbocycles. The van der Waals surface area contributed by atoms with Crippen molar-refractivity contribution in [1.29, 1.82) is 0 Å². The van der Waals surface area contributed by atoms with Gasteiger partial charge in [-0.3, -0.25) is 4.68 Å². The first kappa shape index (κ1) is 15.3. The Morgan fingerprint density at radius 3 is 2.67 bits per heavy atom. The van der Waals surface area contributed by atoms with Crippen molar-refractivity contribution < 1.29 is 13.5 Å². The van der Waals surface area contributed by atoms with Gasteiger partial charge in [0.15, 0.2) is 5.71 Å². The van der Waals surface area contributed by atoms with Gasteiger partial charge in [-0.25, -0.2) is 8.78 Å². The second-order valence-electron chi connectivity index (χ2n) is 5.00. The maximum absolute atomic E-state index is 13.3. The molecule has 1 heterocycles. The van der Waals surface area contributed by atoms with Gasteiger partial charge in [-0.1, -0.05) is 0 Å². The molecule has 0 saturated carbocycles. The highest BCUT2D eigenvalue weighted by atomic mass is 19.3. The maximum atomic E-state index is 13.3. The second kappa shape index (κ2) is 6.99. The summed E-state index contributed by atoms with van der Waals surface area (Å²) >= 11 is 0. The van der Waals surface area contributed by atoms with Crippen molar-refractivity contribution in [1.82, 2.24) is 0 Å². The van der Waals surface area contributed by atoms with Crippen molar-refractivity contribution in [2.75, 3.05) is 13.1 Å².